The molecule has 1 N–H and O–H groups in total. The number of β-amino-alcohol motifs (C(OH)–C–C–N with tert-alkyl or cyclic N) is 1. The van der Waals surface area contributed by atoms with Crippen LogP contribution < -0.4 is 0 Å². The van der Waals surface area contributed by atoms with Crippen molar-refractivity contribution in [2.24, 2.45) is 0 Å². The quantitative estimate of drug-likeness (QED) is 0.926. The van der Waals surface area contributed by atoms with Gasteiger partial charge in [0.15, 0.2) is 0 Å². The lowest BCUT2D eigenvalue weighted by Crippen LogP contribution is -2.49. The summed E-state index contributed by atoms with van der Waals surface area (Å²) in [5.41, 5.74) is 0. The topological polar surface area (TPSA) is 56.9 Å². The van der Waals surface area contributed by atoms with Crippen molar-refractivity contribution in [2.45, 2.75) is 6.10 Å². The molecule has 7 heteroatoms. The van der Waals surface area contributed by atoms with E-state index in [2.05, 4.69) is 4.90 Å². The zero-order chi connectivity index (χ0) is 14.7. The van der Waals surface area contributed by atoms with E-state index >= 15 is 0 Å². The van der Waals surface area contributed by atoms with Gasteiger partial charge >= 0.3 is 0 Å². The van der Waals surface area contributed by atoms with Crippen molar-refractivity contribution in [3.63, 3.8) is 0 Å². The third kappa shape index (κ3) is 3.89. The Hall–Kier alpha value is -1.34. The van der Waals surface area contributed by atoms with E-state index in [9.17, 15) is 9.90 Å². The van der Waals surface area contributed by atoms with Crippen LogP contribution in [0.25, 0.3) is 0 Å². The number of halogens is 1. The summed E-state index contributed by atoms with van der Waals surface area (Å²) < 4.78 is 5.21. The Morgan fingerprint density at radius 3 is 2.64 bits per heavy atom. The van der Waals surface area contributed by atoms with Gasteiger partial charge in [-0.3, -0.25) is 9.69 Å². The zero-order valence-electron chi connectivity index (χ0n) is 12.1. The van der Waals surface area contributed by atoms with Gasteiger partial charge in [0.2, 0.25) is 0 Å². The van der Waals surface area contributed by atoms with Crippen LogP contribution >= 0.6 is 23.7 Å². The van der Waals surface area contributed by atoms with Crippen molar-refractivity contribution in [3.05, 3.63) is 46.5 Å². The maximum Gasteiger partial charge on any atom is 0.264 e. The number of nitrogens with zero attached hydrogens (tertiary/aromatic N) is 2. The lowest BCUT2D eigenvalue weighted by Gasteiger charge is -2.35. The fourth-order valence-electron chi connectivity index (χ4n) is 2.51. The molecule has 1 aliphatic rings. The molecular formula is C15H19ClN2O3S. The van der Waals surface area contributed by atoms with Crippen molar-refractivity contribution in [3.8, 4) is 0 Å². The molecule has 0 bridgehead atoms. The summed E-state index contributed by atoms with van der Waals surface area (Å²) in [6.45, 7) is 3.47. The normalized spacial score (nSPS) is 17.0. The molecule has 1 atom stereocenters. The lowest BCUT2D eigenvalue weighted by molar-refractivity contribution is 0.0489. The highest BCUT2D eigenvalue weighted by Crippen LogP contribution is 2.17. The Bertz CT molecular complexity index is 566. The van der Waals surface area contributed by atoms with Gasteiger partial charge < -0.3 is 14.4 Å². The van der Waals surface area contributed by atoms with E-state index in [0.29, 0.717) is 25.4 Å². The van der Waals surface area contributed by atoms with Gasteiger partial charge in [-0.2, -0.15) is 0 Å². The molecule has 0 radical (unpaired) electrons. The number of rotatable bonds is 4. The summed E-state index contributed by atoms with van der Waals surface area (Å²) in [5, 5.41) is 12.0. The highest BCUT2D eigenvalue weighted by molar-refractivity contribution is 7.12. The lowest BCUT2D eigenvalue weighted by atomic mass is 10.2. The summed E-state index contributed by atoms with van der Waals surface area (Å²) in [6.07, 6.45) is 0.954. The number of hydrogen-bond donors (Lipinski definition) is 1. The van der Waals surface area contributed by atoms with E-state index in [1.54, 1.807) is 18.4 Å². The van der Waals surface area contributed by atoms with Gasteiger partial charge in [-0.05, 0) is 23.6 Å². The zero-order valence-corrected chi connectivity index (χ0v) is 13.7. The van der Waals surface area contributed by atoms with Crippen LogP contribution in [0.2, 0.25) is 0 Å². The number of hydrogen-bond acceptors (Lipinski definition) is 5. The first-order valence-electron chi connectivity index (χ1n) is 7.00. The van der Waals surface area contributed by atoms with Gasteiger partial charge in [-0.25, -0.2) is 0 Å². The minimum Gasteiger partial charge on any atom is -0.467 e. The Morgan fingerprint density at radius 1 is 1.27 bits per heavy atom. The second-order valence-corrected chi connectivity index (χ2v) is 6.05. The van der Waals surface area contributed by atoms with Crippen LogP contribution in [0.15, 0.2) is 40.3 Å². The van der Waals surface area contributed by atoms with Crippen LogP contribution in [0.3, 0.4) is 0 Å². The molecule has 120 valence electrons. The molecular weight excluding hydrogens is 324 g/mol. The maximum atomic E-state index is 12.2. The number of aliphatic hydroxyl groups is 1. The molecule has 3 heterocycles. The molecule has 22 heavy (non-hydrogen) atoms. The van der Waals surface area contributed by atoms with Gasteiger partial charge in [0.1, 0.15) is 11.9 Å². The molecule has 0 aliphatic carbocycles. The molecule has 0 saturated carbocycles. The molecule has 0 spiro atoms. The number of furan rings is 1. The third-order valence-electron chi connectivity index (χ3n) is 3.69. The minimum absolute atomic E-state index is 0. The summed E-state index contributed by atoms with van der Waals surface area (Å²) in [6, 6.07) is 7.31. The first-order valence-corrected chi connectivity index (χ1v) is 7.88. The van der Waals surface area contributed by atoms with Crippen molar-refractivity contribution in [2.75, 3.05) is 32.7 Å². The molecule has 2 aromatic rings. The Labute approximate surface area is 139 Å². The van der Waals surface area contributed by atoms with E-state index in [1.165, 1.54) is 11.3 Å². The molecule has 1 unspecified atom stereocenters. The number of carbonyl (C=O) groups excluding carboxylic acids is 1. The summed E-state index contributed by atoms with van der Waals surface area (Å²) in [5.74, 6) is 0.698. The number of aliphatic hydroxyl groups excluding tert-OH is 1. The van der Waals surface area contributed by atoms with E-state index in [0.717, 1.165) is 18.0 Å². The molecule has 3 rings (SSSR count). The Balaban J connectivity index is 0.00000176. The van der Waals surface area contributed by atoms with Crippen molar-refractivity contribution in [1.29, 1.82) is 0 Å². The monoisotopic (exact) mass is 342 g/mol. The van der Waals surface area contributed by atoms with E-state index in [4.69, 9.17) is 4.42 Å². The van der Waals surface area contributed by atoms with E-state index in [-0.39, 0.29) is 18.3 Å². The third-order valence-corrected chi connectivity index (χ3v) is 4.55. The van der Waals surface area contributed by atoms with Crippen LogP contribution in [-0.2, 0) is 0 Å². The second-order valence-electron chi connectivity index (χ2n) is 5.10. The maximum absolute atomic E-state index is 12.2. The number of carbonyl (C=O) groups is 1. The summed E-state index contributed by atoms with van der Waals surface area (Å²) in [7, 11) is 0. The number of piperazine rings is 1. The van der Waals surface area contributed by atoms with Crippen LogP contribution in [0.5, 0.6) is 0 Å². The fourth-order valence-corrected chi connectivity index (χ4v) is 3.20. The SMILES string of the molecule is Cl.O=C(c1cccs1)N1CCN(CC(O)c2ccco2)CC1. The predicted octanol–water partition coefficient (Wildman–Crippen LogP) is 2.25. The number of thiophene rings is 1. The van der Waals surface area contributed by atoms with Crippen LogP contribution in [-0.4, -0.2) is 53.5 Å². The molecule has 5 nitrogen and oxygen atoms in total. The first kappa shape index (κ1) is 17.0. The first-order chi connectivity index (χ1) is 10.2. The van der Waals surface area contributed by atoms with Gasteiger partial charge in [0.05, 0.1) is 11.1 Å². The van der Waals surface area contributed by atoms with Gasteiger partial charge in [-0.15, -0.1) is 23.7 Å². The standard InChI is InChI=1S/C15H18N2O3S.ClH/c18-12(13-3-1-9-20-13)11-16-5-7-17(8-6-16)15(19)14-4-2-10-21-14;/h1-4,9-10,12,18H,5-8,11H2;1H. The molecule has 1 saturated heterocycles. The number of amides is 1. The average Bonchev–Trinajstić information content (AvgIpc) is 3.20. The summed E-state index contributed by atoms with van der Waals surface area (Å²) >= 11 is 1.48. The van der Waals surface area contributed by atoms with E-state index < -0.39 is 6.10 Å². The van der Waals surface area contributed by atoms with Crippen LogP contribution in [0, 0.1) is 0 Å². The fraction of sp³-hybridized carbons (Fsp3) is 0.400. The Morgan fingerprint density at radius 2 is 2.05 bits per heavy atom. The van der Waals surface area contributed by atoms with Gasteiger partial charge in [-0.1, -0.05) is 6.07 Å². The van der Waals surface area contributed by atoms with Gasteiger partial charge in [0, 0.05) is 32.7 Å². The van der Waals surface area contributed by atoms with Crippen LogP contribution in [0.1, 0.15) is 21.5 Å². The summed E-state index contributed by atoms with van der Waals surface area (Å²) in [4.78, 5) is 17.1. The molecule has 2 aromatic heterocycles. The van der Waals surface area contributed by atoms with Crippen molar-refractivity contribution >= 4 is 29.7 Å². The van der Waals surface area contributed by atoms with Crippen molar-refractivity contribution in [1.82, 2.24) is 9.80 Å². The second kappa shape index (κ2) is 7.78. The highest BCUT2D eigenvalue weighted by Gasteiger charge is 2.24. The van der Waals surface area contributed by atoms with Crippen molar-refractivity contribution < 1.29 is 14.3 Å². The predicted molar refractivity (Wildman–Crippen MR) is 87.6 cm³/mol. The molecule has 1 aliphatic heterocycles. The smallest absolute Gasteiger partial charge is 0.264 e. The van der Waals surface area contributed by atoms with Gasteiger partial charge in [0.25, 0.3) is 5.91 Å². The highest BCUT2D eigenvalue weighted by atomic mass is 35.5. The van der Waals surface area contributed by atoms with Crippen LogP contribution in [0.4, 0.5) is 0 Å². The minimum atomic E-state index is -0.612. The average molecular weight is 343 g/mol. The Kier molecular flexibility index (Phi) is 6.02. The largest absolute Gasteiger partial charge is 0.467 e. The molecule has 0 aromatic carbocycles. The molecule has 1 amide bonds. The van der Waals surface area contributed by atoms with E-state index in [1.807, 2.05) is 22.4 Å². The molecule has 1 fully saturated rings.